The number of ether oxygens (including phenoxy) is 1. The van der Waals surface area contributed by atoms with Crippen LogP contribution in [0.2, 0.25) is 5.02 Å². The lowest BCUT2D eigenvalue weighted by Crippen LogP contribution is -2.42. The Morgan fingerprint density at radius 3 is 2.43 bits per heavy atom. The number of carbonyl (C=O) groups excluding carboxylic acids is 1. The van der Waals surface area contributed by atoms with Crippen LogP contribution >= 0.6 is 11.6 Å². The van der Waals surface area contributed by atoms with Crippen LogP contribution in [0.25, 0.3) is 0 Å². The molecule has 0 bridgehead atoms. The number of halogens is 1. The Morgan fingerprint density at radius 1 is 1.18 bits per heavy atom. The quantitative estimate of drug-likeness (QED) is 0.800. The van der Waals surface area contributed by atoms with Crippen molar-refractivity contribution in [3.63, 3.8) is 0 Å². The first-order chi connectivity index (χ1) is 13.2. The van der Waals surface area contributed by atoms with Crippen LogP contribution in [0.5, 0.6) is 5.75 Å². The van der Waals surface area contributed by atoms with Gasteiger partial charge in [-0.2, -0.15) is 0 Å². The molecule has 0 aromatic heterocycles. The second-order valence-electron chi connectivity index (χ2n) is 7.45. The molecule has 0 unspecified atom stereocenters. The van der Waals surface area contributed by atoms with Crippen LogP contribution in [-0.2, 0) is 14.8 Å². The van der Waals surface area contributed by atoms with E-state index in [1.807, 2.05) is 13.8 Å². The van der Waals surface area contributed by atoms with E-state index in [2.05, 4.69) is 5.32 Å². The maximum atomic E-state index is 13.2. The topological polar surface area (TPSA) is 75.7 Å². The van der Waals surface area contributed by atoms with Gasteiger partial charge in [0, 0.05) is 23.2 Å². The molecule has 1 aliphatic heterocycles. The van der Waals surface area contributed by atoms with Gasteiger partial charge in [0.15, 0.2) is 4.75 Å². The van der Waals surface area contributed by atoms with E-state index in [0.717, 1.165) is 0 Å². The summed E-state index contributed by atoms with van der Waals surface area (Å²) in [5.41, 5.74) is 1.07. The molecule has 6 nitrogen and oxygen atoms in total. The number of anilines is 2. The van der Waals surface area contributed by atoms with E-state index < -0.39 is 20.7 Å². The molecule has 2 aliphatic rings. The summed E-state index contributed by atoms with van der Waals surface area (Å²) in [5.74, 6) is 0.000999. The fraction of sp³-hybridized carbons (Fsp3) is 0.350. The second kappa shape index (κ2) is 6.67. The Kier molecular flexibility index (Phi) is 4.55. The zero-order chi connectivity index (χ0) is 20.1. The fourth-order valence-corrected chi connectivity index (χ4v) is 6.19. The molecule has 1 aliphatic carbocycles. The average Bonchev–Trinajstić information content (AvgIpc) is 3.33. The lowest BCUT2D eigenvalue weighted by molar-refractivity contribution is -0.116. The molecule has 1 saturated carbocycles. The molecular weight excluding hydrogens is 400 g/mol. The number of benzene rings is 2. The van der Waals surface area contributed by atoms with Gasteiger partial charge in [0.25, 0.3) is 0 Å². The predicted molar refractivity (Wildman–Crippen MR) is 109 cm³/mol. The molecule has 148 valence electrons. The molecule has 1 N–H and O–H groups in total. The number of nitrogens with zero attached hydrogens (tertiary/aromatic N) is 1. The van der Waals surface area contributed by atoms with Crippen molar-refractivity contribution in [3.8, 4) is 5.75 Å². The normalized spacial score (nSPS) is 24.7. The van der Waals surface area contributed by atoms with Gasteiger partial charge in [0.05, 0.1) is 11.8 Å². The van der Waals surface area contributed by atoms with Gasteiger partial charge in [-0.25, -0.2) is 8.42 Å². The maximum absolute atomic E-state index is 13.2. The molecule has 1 saturated heterocycles. The number of hydrogen-bond acceptors (Lipinski definition) is 4. The first kappa shape index (κ1) is 19.1. The van der Waals surface area contributed by atoms with Crippen molar-refractivity contribution in [2.75, 3.05) is 16.2 Å². The van der Waals surface area contributed by atoms with E-state index in [9.17, 15) is 13.2 Å². The van der Waals surface area contributed by atoms with Crippen molar-refractivity contribution >= 4 is 38.9 Å². The van der Waals surface area contributed by atoms with E-state index in [-0.39, 0.29) is 12.0 Å². The Bertz CT molecular complexity index is 1010. The summed E-state index contributed by atoms with van der Waals surface area (Å²) in [7, 11) is -3.81. The summed E-state index contributed by atoms with van der Waals surface area (Å²) >= 11 is 5.89. The molecule has 4 rings (SSSR count). The second-order valence-corrected chi connectivity index (χ2v) is 10.0. The van der Waals surface area contributed by atoms with Crippen LogP contribution < -0.4 is 14.4 Å². The summed E-state index contributed by atoms with van der Waals surface area (Å²) in [4.78, 5) is 12.9. The summed E-state index contributed by atoms with van der Waals surface area (Å²) in [6, 6.07) is 13.5. The first-order valence-electron chi connectivity index (χ1n) is 9.10. The molecule has 1 heterocycles. The number of nitrogens with one attached hydrogen (secondary N) is 1. The Labute approximate surface area is 169 Å². The van der Waals surface area contributed by atoms with Crippen molar-refractivity contribution in [1.82, 2.24) is 0 Å². The van der Waals surface area contributed by atoms with Crippen molar-refractivity contribution in [2.45, 2.75) is 31.1 Å². The van der Waals surface area contributed by atoms with Crippen LogP contribution in [0.1, 0.15) is 20.3 Å². The van der Waals surface area contributed by atoms with Crippen molar-refractivity contribution in [1.29, 1.82) is 0 Å². The summed E-state index contributed by atoms with van der Waals surface area (Å²) in [6.45, 7) is 4.16. The highest BCUT2D eigenvalue weighted by Gasteiger charge is 2.75. The van der Waals surface area contributed by atoms with Gasteiger partial charge in [0.1, 0.15) is 5.75 Å². The number of hydrogen-bond donors (Lipinski definition) is 1. The van der Waals surface area contributed by atoms with Crippen molar-refractivity contribution < 1.29 is 17.9 Å². The summed E-state index contributed by atoms with van der Waals surface area (Å²) < 4.78 is 31.8. The Morgan fingerprint density at radius 2 is 1.82 bits per heavy atom. The standard InChI is InChI=1S/C20H21ClN2O4S/c1-13(2)27-18-9-5-16(6-10-18)22-19(24)20-11-14(20)12-23(28(20,25)26)17-7-3-15(21)4-8-17/h3-10,13-14H,11-12H2,1-2H3,(H,22,24)/t14-,20-/m1/s1. The van der Waals surface area contributed by atoms with Gasteiger partial charge in [-0.05, 0) is 68.8 Å². The van der Waals surface area contributed by atoms with Crippen LogP contribution in [0.4, 0.5) is 11.4 Å². The predicted octanol–water partition coefficient (Wildman–Crippen LogP) is 3.67. The SMILES string of the molecule is CC(C)Oc1ccc(NC(=O)[C@@]23C[C@@H]2CN(c2ccc(Cl)cc2)S3(=O)=O)cc1. The van der Waals surface area contributed by atoms with Gasteiger partial charge in [-0.15, -0.1) is 0 Å². The molecule has 0 radical (unpaired) electrons. The summed E-state index contributed by atoms with van der Waals surface area (Å²) in [6.07, 6.45) is 0.397. The van der Waals surface area contributed by atoms with Gasteiger partial charge in [0.2, 0.25) is 15.9 Å². The monoisotopic (exact) mass is 420 g/mol. The molecule has 2 aromatic carbocycles. The third kappa shape index (κ3) is 3.02. The minimum Gasteiger partial charge on any atom is -0.491 e. The number of amides is 1. The number of fused-ring (bicyclic) bond motifs is 1. The molecular formula is C20H21ClN2O4S. The van der Waals surface area contributed by atoms with Gasteiger partial charge in [-0.3, -0.25) is 9.10 Å². The molecule has 0 spiro atoms. The zero-order valence-electron chi connectivity index (χ0n) is 15.6. The Hall–Kier alpha value is -2.25. The van der Waals surface area contributed by atoms with Crippen molar-refractivity contribution in [2.24, 2.45) is 5.92 Å². The van der Waals surface area contributed by atoms with Crippen LogP contribution in [0.3, 0.4) is 0 Å². The molecule has 2 fully saturated rings. The minimum atomic E-state index is -3.81. The zero-order valence-corrected chi connectivity index (χ0v) is 17.1. The van der Waals surface area contributed by atoms with E-state index >= 15 is 0 Å². The minimum absolute atomic E-state index is 0.0500. The number of rotatable bonds is 5. The third-order valence-corrected chi connectivity index (χ3v) is 7.97. The van der Waals surface area contributed by atoms with Gasteiger partial charge in [-0.1, -0.05) is 11.6 Å². The van der Waals surface area contributed by atoms with Crippen molar-refractivity contribution in [3.05, 3.63) is 53.6 Å². The smallest absolute Gasteiger partial charge is 0.250 e. The number of sulfonamides is 1. The summed E-state index contributed by atoms with van der Waals surface area (Å²) in [5, 5.41) is 3.29. The largest absolute Gasteiger partial charge is 0.491 e. The molecule has 1 amide bonds. The van der Waals surface area contributed by atoms with E-state index in [1.165, 1.54) is 4.31 Å². The van der Waals surface area contributed by atoms with Crippen LogP contribution in [0, 0.1) is 5.92 Å². The maximum Gasteiger partial charge on any atom is 0.250 e. The van der Waals surface area contributed by atoms with Crippen LogP contribution in [-0.4, -0.2) is 31.7 Å². The highest BCUT2D eigenvalue weighted by molar-refractivity contribution is 7.95. The molecule has 8 heteroatoms. The van der Waals surface area contributed by atoms with E-state index in [4.69, 9.17) is 16.3 Å². The van der Waals surface area contributed by atoms with Crippen LogP contribution in [0.15, 0.2) is 48.5 Å². The van der Waals surface area contributed by atoms with E-state index in [0.29, 0.717) is 35.1 Å². The van der Waals surface area contributed by atoms with E-state index in [1.54, 1.807) is 48.5 Å². The highest BCUT2D eigenvalue weighted by atomic mass is 35.5. The lowest BCUT2D eigenvalue weighted by Gasteiger charge is -2.23. The number of carbonyl (C=O) groups is 1. The van der Waals surface area contributed by atoms with Gasteiger partial charge >= 0.3 is 0 Å². The molecule has 28 heavy (non-hydrogen) atoms. The molecule has 2 aromatic rings. The Balaban J connectivity index is 1.53. The third-order valence-electron chi connectivity index (χ3n) is 5.17. The first-order valence-corrected chi connectivity index (χ1v) is 10.9. The lowest BCUT2D eigenvalue weighted by atomic mass is 10.2. The average molecular weight is 421 g/mol. The fourth-order valence-electron chi connectivity index (χ4n) is 3.70. The molecule has 2 atom stereocenters. The van der Waals surface area contributed by atoms with Gasteiger partial charge < -0.3 is 10.1 Å². The highest BCUT2D eigenvalue weighted by Crippen LogP contribution is 2.58.